The van der Waals surface area contributed by atoms with Gasteiger partial charge in [0.15, 0.2) is 5.84 Å². The molecule has 0 fully saturated rings. The molecule has 1 N–H and O–H groups in total. The number of hydrogen-bond donors (Lipinski definition) is 1. The second-order valence-electron chi connectivity index (χ2n) is 8.81. The zero-order chi connectivity index (χ0) is 27.8. The maximum absolute atomic E-state index is 14.6. The van der Waals surface area contributed by atoms with E-state index < -0.39 is 23.6 Å². The van der Waals surface area contributed by atoms with Crippen LogP contribution in [0.2, 0.25) is 0 Å². The van der Waals surface area contributed by atoms with Gasteiger partial charge in [-0.1, -0.05) is 48.5 Å². The summed E-state index contributed by atoms with van der Waals surface area (Å²) < 4.78 is 58.6. The Bertz CT molecular complexity index is 1600. The van der Waals surface area contributed by atoms with E-state index in [-0.39, 0.29) is 11.4 Å². The topological polar surface area (TPSA) is 72.8 Å². The van der Waals surface area contributed by atoms with Gasteiger partial charge in [-0.2, -0.15) is 23.0 Å². The van der Waals surface area contributed by atoms with Gasteiger partial charge < -0.3 is 9.57 Å². The SMILES string of the molecule is COc1ccc(C2(c3cccc(-c4cccnc4F)c3)N=C(NOC(=O)C(F)(F)F)c3ccccc32)cc1C. The number of carbonyl (C=O) groups is 1. The van der Waals surface area contributed by atoms with Gasteiger partial charge in [0.2, 0.25) is 5.95 Å². The molecule has 0 saturated heterocycles. The summed E-state index contributed by atoms with van der Waals surface area (Å²) in [5.74, 6) is -2.50. The van der Waals surface area contributed by atoms with Gasteiger partial charge in [0, 0.05) is 17.3 Å². The van der Waals surface area contributed by atoms with Crippen LogP contribution < -0.4 is 10.2 Å². The molecule has 0 aliphatic carbocycles. The van der Waals surface area contributed by atoms with Crippen molar-refractivity contribution in [2.24, 2.45) is 4.99 Å². The number of aromatic nitrogens is 1. The molecule has 3 aromatic carbocycles. The summed E-state index contributed by atoms with van der Waals surface area (Å²) in [7, 11) is 1.55. The Labute approximate surface area is 220 Å². The number of benzene rings is 3. The Morgan fingerprint density at radius 2 is 1.67 bits per heavy atom. The van der Waals surface area contributed by atoms with Crippen LogP contribution in [0.4, 0.5) is 17.6 Å². The van der Waals surface area contributed by atoms with Crippen LogP contribution in [-0.4, -0.2) is 30.1 Å². The number of aryl methyl sites for hydroxylation is 1. The van der Waals surface area contributed by atoms with Crippen molar-refractivity contribution in [2.45, 2.75) is 18.6 Å². The maximum atomic E-state index is 14.6. The number of aliphatic imine (C=N–C) groups is 1. The van der Waals surface area contributed by atoms with Gasteiger partial charge in [-0.25, -0.2) is 14.8 Å². The third-order valence-corrected chi connectivity index (χ3v) is 6.49. The van der Waals surface area contributed by atoms with E-state index in [2.05, 4.69) is 15.3 Å². The lowest BCUT2D eigenvalue weighted by Crippen LogP contribution is -2.34. The van der Waals surface area contributed by atoms with E-state index in [9.17, 15) is 22.4 Å². The quantitative estimate of drug-likeness (QED) is 0.201. The molecule has 4 aromatic rings. The van der Waals surface area contributed by atoms with Crippen LogP contribution in [0.3, 0.4) is 0 Å². The van der Waals surface area contributed by atoms with Gasteiger partial charge in [0.25, 0.3) is 0 Å². The number of fused-ring (bicyclic) bond motifs is 1. The molecule has 1 aromatic heterocycles. The van der Waals surface area contributed by atoms with E-state index in [0.29, 0.717) is 33.6 Å². The number of nitrogens with zero attached hydrogens (tertiary/aromatic N) is 2. The second-order valence-corrected chi connectivity index (χ2v) is 8.81. The lowest BCUT2D eigenvalue weighted by molar-refractivity contribution is -0.203. The first-order chi connectivity index (χ1) is 18.6. The lowest BCUT2D eigenvalue weighted by Gasteiger charge is -2.30. The van der Waals surface area contributed by atoms with Crippen LogP contribution in [0.1, 0.15) is 27.8 Å². The van der Waals surface area contributed by atoms with Gasteiger partial charge in [-0.05, 0) is 65.1 Å². The van der Waals surface area contributed by atoms with Crippen molar-refractivity contribution in [1.29, 1.82) is 0 Å². The molecule has 0 spiro atoms. The maximum Gasteiger partial charge on any atom is 0.493 e. The summed E-state index contributed by atoms with van der Waals surface area (Å²) >= 11 is 0. The molecule has 6 nitrogen and oxygen atoms in total. The molecule has 1 unspecified atom stereocenters. The van der Waals surface area contributed by atoms with E-state index >= 15 is 0 Å². The minimum absolute atomic E-state index is 0.0744. The largest absolute Gasteiger partial charge is 0.496 e. The third-order valence-electron chi connectivity index (χ3n) is 6.49. The number of alkyl halides is 3. The number of pyridine rings is 1. The van der Waals surface area contributed by atoms with E-state index in [1.165, 1.54) is 6.20 Å². The van der Waals surface area contributed by atoms with Crippen molar-refractivity contribution in [2.75, 3.05) is 7.11 Å². The number of ether oxygens (including phenoxy) is 1. The van der Waals surface area contributed by atoms with Crippen molar-refractivity contribution in [3.63, 3.8) is 0 Å². The normalized spacial score (nSPS) is 16.3. The van der Waals surface area contributed by atoms with Gasteiger partial charge in [-0.3, -0.25) is 0 Å². The van der Waals surface area contributed by atoms with E-state index in [1.807, 2.05) is 13.0 Å². The van der Waals surface area contributed by atoms with E-state index in [1.54, 1.807) is 79.9 Å². The Hall–Kier alpha value is -4.73. The average molecular weight is 535 g/mol. The number of hydroxylamine groups is 1. The number of halogens is 4. The number of amidine groups is 1. The van der Waals surface area contributed by atoms with Crippen LogP contribution in [0.15, 0.2) is 90.1 Å². The Morgan fingerprint density at radius 1 is 0.923 bits per heavy atom. The molecule has 0 saturated carbocycles. The van der Waals surface area contributed by atoms with Crippen LogP contribution in [0, 0.1) is 12.9 Å². The summed E-state index contributed by atoms with van der Waals surface area (Å²) in [5, 5.41) is 0. The summed E-state index contributed by atoms with van der Waals surface area (Å²) in [6, 6.07) is 22.6. The zero-order valence-corrected chi connectivity index (χ0v) is 20.7. The van der Waals surface area contributed by atoms with Crippen LogP contribution in [0.25, 0.3) is 11.1 Å². The molecule has 39 heavy (non-hydrogen) atoms. The first kappa shape index (κ1) is 25.9. The highest BCUT2D eigenvalue weighted by Crippen LogP contribution is 2.47. The lowest BCUT2D eigenvalue weighted by atomic mass is 9.76. The van der Waals surface area contributed by atoms with Crippen molar-refractivity contribution >= 4 is 11.8 Å². The Balaban J connectivity index is 1.74. The van der Waals surface area contributed by atoms with Crippen molar-refractivity contribution in [1.82, 2.24) is 10.5 Å². The average Bonchev–Trinajstić information content (AvgIpc) is 3.27. The highest BCUT2D eigenvalue weighted by molar-refractivity contribution is 6.04. The van der Waals surface area contributed by atoms with Gasteiger partial charge in [0.1, 0.15) is 11.3 Å². The predicted octanol–water partition coefficient (Wildman–Crippen LogP) is 5.87. The zero-order valence-electron chi connectivity index (χ0n) is 20.7. The summed E-state index contributed by atoms with van der Waals surface area (Å²) in [6.45, 7) is 1.85. The van der Waals surface area contributed by atoms with Gasteiger partial charge >= 0.3 is 12.1 Å². The Kier molecular flexibility index (Phi) is 6.55. The molecule has 5 rings (SSSR count). The van der Waals surface area contributed by atoms with Gasteiger partial charge in [0.05, 0.1) is 7.11 Å². The summed E-state index contributed by atoms with van der Waals surface area (Å²) in [6.07, 6.45) is -3.85. The molecule has 0 amide bonds. The smallest absolute Gasteiger partial charge is 0.493 e. The molecule has 1 aliphatic heterocycles. The Morgan fingerprint density at radius 3 is 2.38 bits per heavy atom. The highest BCUT2D eigenvalue weighted by Gasteiger charge is 2.46. The van der Waals surface area contributed by atoms with E-state index in [0.717, 1.165) is 5.56 Å². The van der Waals surface area contributed by atoms with Crippen molar-refractivity contribution in [3.8, 4) is 16.9 Å². The number of nitrogens with one attached hydrogen (secondary N) is 1. The summed E-state index contributed by atoms with van der Waals surface area (Å²) in [5.41, 5.74) is 4.72. The molecule has 1 atom stereocenters. The molecule has 0 radical (unpaired) electrons. The number of rotatable bonds is 4. The minimum Gasteiger partial charge on any atom is -0.496 e. The molecule has 198 valence electrons. The fraction of sp³-hybridized carbons (Fsp3) is 0.138. The summed E-state index contributed by atoms with van der Waals surface area (Å²) in [4.78, 5) is 24.4. The fourth-order valence-corrected chi connectivity index (χ4v) is 4.75. The van der Waals surface area contributed by atoms with Crippen molar-refractivity contribution < 1.29 is 31.9 Å². The molecule has 0 bridgehead atoms. The van der Waals surface area contributed by atoms with Crippen LogP contribution >= 0.6 is 0 Å². The van der Waals surface area contributed by atoms with Crippen LogP contribution in [-0.2, 0) is 15.2 Å². The van der Waals surface area contributed by atoms with Crippen LogP contribution in [0.5, 0.6) is 5.75 Å². The monoisotopic (exact) mass is 535 g/mol. The molecular formula is C29H21F4N3O3. The number of hydrogen-bond acceptors (Lipinski definition) is 6. The van der Waals surface area contributed by atoms with Crippen molar-refractivity contribution in [3.05, 3.63) is 119 Å². The standard InChI is InChI=1S/C29H21F4N3O3/c1-17-15-20(12-13-24(17)38-2)28(19-8-5-7-18(16-19)21-10-6-14-34-25(21)30)23-11-4-3-9-22(23)26(35-28)36-39-27(37)29(31,32)33/h3-16H,1-2H3,(H,35,36). The number of carbonyl (C=O) groups excluding carboxylic acids is 1. The number of methoxy groups -OCH3 is 1. The molecule has 10 heteroatoms. The third kappa shape index (κ3) is 4.58. The first-order valence-corrected chi connectivity index (χ1v) is 11.8. The highest BCUT2D eigenvalue weighted by atomic mass is 19.4. The fourth-order valence-electron chi connectivity index (χ4n) is 4.75. The predicted molar refractivity (Wildman–Crippen MR) is 136 cm³/mol. The second kappa shape index (κ2) is 9.86. The molecular weight excluding hydrogens is 514 g/mol. The van der Waals surface area contributed by atoms with E-state index in [4.69, 9.17) is 9.73 Å². The minimum atomic E-state index is -5.20. The van der Waals surface area contributed by atoms with Gasteiger partial charge in [-0.15, -0.1) is 0 Å². The molecule has 2 heterocycles. The first-order valence-electron chi connectivity index (χ1n) is 11.8. The molecule has 1 aliphatic rings.